The van der Waals surface area contributed by atoms with Gasteiger partial charge in [0.2, 0.25) is 0 Å². The lowest BCUT2D eigenvalue weighted by atomic mass is 10.1. The van der Waals surface area contributed by atoms with Crippen molar-refractivity contribution in [3.63, 3.8) is 0 Å². The first-order valence-corrected chi connectivity index (χ1v) is 9.09. The topological polar surface area (TPSA) is 47.6 Å². The Morgan fingerprint density at radius 3 is 2.35 bits per heavy atom. The number of carbonyl (C=O) groups excluding carboxylic acids is 1. The van der Waals surface area contributed by atoms with Gasteiger partial charge in [-0.05, 0) is 82.0 Å². The molecule has 2 rings (SSSR count). The fourth-order valence-corrected chi connectivity index (χ4v) is 2.80. The zero-order chi connectivity index (χ0) is 19.3. The van der Waals surface area contributed by atoms with Crippen LogP contribution in [0.1, 0.15) is 49.1 Å². The SMILES string of the molecule is CCOc1ccc([C@@H](C)NC(=O)[C@H](C)Oc2cc(C)cc(C)c2C)cc1. The lowest BCUT2D eigenvalue weighted by Crippen LogP contribution is -2.37. The number of nitrogens with one attached hydrogen (secondary N) is 1. The predicted molar refractivity (Wildman–Crippen MR) is 105 cm³/mol. The van der Waals surface area contributed by atoms with Crippen LogP contribution >= 0.6 is 0 Å². The zero-order valence-electron chi connectivity index (χ0n) is 16.6. The Morgan fingerprint density at radius 1 is 1.08 bits per heavy atom. The molecule has 0 bridgehead atoms. The molecule has 2 aromatic carbocycles. The maximum Gasteiger partial charge on any atom is 0.261 e. The highest BCUT2D eigenvalue weighted by atomic mass is 16.5. The van der Waals surface area contributed by atoms with Gasteiger partial charge in [0.1, 0.15) is 11.5 Å². The Morgan fingerprint density at radius 2 is 1.73 bits per heavy atom. The van der Waals surface area contributed by atoms with Gasteiger partial charge in [0.15, 0.2) is 6.10 Å². The highest BCUT2D eigenvalue weighted by Gasteiger charge is 2.19. The van der Waals surface area contributed by atoms with Crippen molar-refractivity contribution in [1.82, 2.24) is 5.32 Å². The van der Waals surface area contributed by atoms with E-state index in [9.17, 15) is 4.79 Å². The van der Waals surface area contributed by atoms with Gasteiger partial charge in [0, 0.05) is 0 Å². The minimum absolute atomic E-state index is 0.107. The maximum absolute atomic E-state index is 12.5. The summed E-state index contributed by atoms with van der Waals surface area (Å²) in [7, 11) is 0. The lowest BCUT2D eigenvalue weighted by molar-refractivity contribution is -0.127. The average Bonchev–Trinajstić information content (AvgIpc) is 2.60. The molecule has 0 aromatic heterocycles. The van der Waals surface area contributed by atoms with Gasteiger partial charge in [-0.25, -0.2) is 0 Å². The molecule has 0 unspecified atom stereocenters. The smallest absolute Gasteiger partial charge is 0.261 e. The van der Waals surface area contributed by atoms with Crippen LogP contribution in [0, 0.1) is 20.8 Å². The van der Waals surface area contributed by atoms with Crippen molar-refractivity contribution in [3.8, 4) is 11.5 Å². The van der Waals surface area contributed by atoms with Crippen LogP contribution < -0.4 is 14.8 Å². The van der Waals surface area contributed by atoms with E-state index in [-0.39, 0.29) is 11.9 Å². The number of rotatable bonds is 7. The molecule has 1 amide bonds. The summed E-state index contributed by atoms with van der Waals surface area (Å²) >= 11 is 0. The molecule has 0 saturated heterocycles. The van der Waals surface area contributed by atoms with E-state index in [0.717, 1.165) is 33.8 Å². The van der Waals surface area contributed by atoms with Gasteiger partial charge in [-0.1, -0.05) is 18.2 Å². The molecular formula is C22H29NO3. The van der Waals surface area contributed by atoms with Crippen molar-refractivity contribution in [2.75, 3.05) is 6.61 Å². The summed E-state index contributed by atoms with van der Waals surface area (Å²) in [5, 5.41) is 3.01. The Kier molecular flexibility index (Phi) is 6.67. The van der Waals surface area contributed by atoms with Gasteiger partial charge in [-0.15, -0.1) is 0 Å². The average molecular weight is 355 g/mol. The molecule has 0 radical (unpaired) electrons. The Bertz CT molecular complexity index is 753. The van der Waals surface area contributed by atoms with Gasteiger partial charge in [0.25, 0.3) is 5.91 Å². The standard InChI is InChI=1S/C22H29NO3/c1-7-25-20-10-8-19(9-11-20)17(5)23-22(24)18(6)26-21-13-14(2)12-15(3)16(21)4/h8-13,17-18H,7H2,1-6H3,(H,23,24)/t17-,18+/m1/s1. The molecule has 140 valence electrons. The van der Waals surface area contributed by atoms with E-state index >= 15 is 0 Å². The van der Waals surface area contributed by atoms with Crippen molar-refractivity contribution >= 4 is 5.91 Å². The molecule has 4 nitrogen and oxygen atoms in total. The van der Waals surface area contributed by atoms with E-state index < -0.39 is 6.10 Å². The third-order valence-electron chi connectivity index (χ3n) is 4.49. The van der Waals surface area contributed by atoms with Crippen molar-refractivity contribution < 1.29 is 14.3 Å². The molecule has 4 heteroatoms. The first-order chi connectivity index (χ1) is 12.3. The molecule has 0 saturated carbocycles. The molecule has 1 N–H and O–H groups in total. The van der Waals surface area contributed by atoms with Crippen molar-refractivity contribution in [3.05, 3.63) is 58.7 Å². The minimum atomic E-state index is -0.569. The highest BCUT2D eigenvalue weighted by Crippen LogP contribution is 2.24. The molecule has 2 aromatic rings. The summed E-state index contributed by atoms with van der Waals surface area (Å²) in [5.41, 5.74) is 4.38. The van der Waals surface area contributed by atoms with E-state index in [2.05, 4.69) is 11.4 Å². The number of amides is 1. The normalized spacial score (nSPS) is 13.0. The lowest BCUT2D eigenvalue weighted by Gasteiger charge is -2.21. The van der Waals surface area contributed by atoms with Gasteiger partial charge in [0.05, 0.1) is 12.6 Å². The summed E-state index contributed by atoms with van der Waals surface area (Å²) in [6.07, 6.45) is -0.569. The first-order valence-electron chi connectivity index (χ1n) is 9.09. The van der Waals surface area contributed by atoms with Crippen LogP contribution in [-0.4, -0.2) is 18.6 Å². The maximum atomic E-state index is 12.5. The van der Waals surface area contributed by atoms with Gasteiger partial charge in [-0.3, -0.25) is 4.79 Å². The van der Waals surface area contributed by atoms with Crippen LogP contribution in [0.5, 0.6) is 11.5 Å². The molecule has 0 aliphatic carbocycles. The molecule has 0 aliphatic rings. The summed E-state index contributed by atoms with van der Waals surface area (Å²) in [5.74, 6) is 1.46. The molecule has 0 fully saturated rings. The Balaban J connectivity index is 2.00. The molecule has 0 aliphatic heterocycles. The second kappa shape index (κ2) is 8.75. The van der Waals surface area contributed by atoms with Crippen LogP contribution in [0.4, 0.5) is 0 Å². The third kappa shape index (κ3) is 5.01. The first kappa shape index (κ1) is 19.8. The van der Waals surface area contributed by atoms with E-state index in [1.54, 1.807) is 6.92 Å². The number of ether oxygens (including phenoxy) is 2. The molecule has 26 heavy (non-hydrogen) atoms. The van der Waals surface area contributed by atoms with Gasteiger partial charge >= 0.3 is 0 Å². The quantitative estimate of drug-likeness (QED) is 0.786. The van der Waals surface area contributed by atoms with E-state index in [4.69, 9.17) is 9.47 Å². The fourth-order valence-electron chi connectivity index (χ4n) is 2.80. The number of hydrogen-bond acceptors (Lipinski definition) is 3. The van der Waals surface area contributed by atoms with E-state index in [1.807, 2.05) is 65.0 Å². The predicted octanol–water partition coefficient (Wildman–Crippen LogP) is 4.66. The number of benzene rings is 2. The van der Waals surface area contributed by atoms with E-state index in [1.165, 1.54) is 0 Å². The Labute approximate surface area is 156 Å². The largest absolute Gasteiger partial charge is 0.494 e. The van der Waals surface area contributed by atoms with Crippen LogP contribution in [0.2, 0.25) is 0 Å². The van der Waals surface area contributed by atoms with Gasteiger partial charge in [-0.2, -0.15) is 0 Å². The van der Waals surface area contributed by atoms with Crippen molar-refractivity contribution in [2.45, 2.75) is 53.7 Å². The molecule has 2 atom stereocenters. The summed E-state index contributed by atoms with van der Waals surface area (Å²) in [4.78, 5) is 12.5. The second-order valence-electron chi connectivity index (χ2n) is 6.70. The van der Waals surface area contributed by atoms with Crippen LogP contribution in [0.15, 0.2) is 36.4 Å². The van der Waals surface area contributed by atoms with Crippen molar-refractivity contribution in [2.24, 2.45) is 0 Å². The van der Waals surface area contributed by atoms with Crippen LogP contribution in [0.25, 0.3) is 0 Å². The molecular weight excluding hydrogens is 326 g/mol. The summed E-state index contributed by atoms with van der Waals surface area (Å²) in [6, 6.07) is 11.7. The highest BCUT2D eigenvalue weighted by molar-refractivity contribution is 5.81. The molecule has 0 heterocycles. The number of aryl methyl sites for hydroxylation is 2. The second-order valence-corrected chi connectivity index (χ2v) is 6.70. The van der Waals surface area contributed by atoms with Crippen LogP contribution in [-0.2, 0) is 4.79 Å². The van der Waals surface area contributed by atoms with E-state index in [0.29, 0.717) is 6.61 Å². The monoisotopic (exact) mass is 355 g/mol. The molecule has 0 spiro atoms. The number of carbonyl (C=O) groups is 1. The van der Waals surface area contributed by atoms with Crippen molar-refractivity contribution in [1.29, 1.82) is 0 Å². The third-order valence-corrected chi connectivity index (χ3v) is 4.49. The number of hydrogen-bond donors (Lipinski definition) is 1. The van der Waals surface area contributed by atoms with Crippen LogP contribution in [0.3, 0.4) is 0 Å². The minimum Gasteiger partial charge on any atom is -0.494 e. The zero-order valence-corrected chi connectivity index (χ0v) is 16.6. The van der Waals surface area contributed by atoms with Gasteiger partial charge < -0.3 is 14.8 Å². The summed E-state index contributed by atoms with van der Waals surface area (Å²) in [6.45, 7) is 12.4. The Hall–Kier alpha value is -2.49. The summed E-state index contributed by atoms with van der Waals surface area (Å²) < 4.78 is 11.4. The fraction of sp³-hybridized carbons (Fsp3) is 0.409.